The summed E-state index contributed by atoms with van der Waals surface area (Å²) < 4.78 is 6.54. The van der Waals surface area contributed by atoms with Crippen molar-refractivity contribution in [1.82, 2.24) is 15.0 Å². The van der Waals surface area contributed by atoms with Crippen LogP contribution in [0.4, 0.5) is 11.5 Å². The summed E-state index contributed by atoms with van der Waals surface area (Å²) in [7, 11) is 0. The lowest BCUT2D eigenvalue weighted by molar-refractivity contribution is 0.0372. The van der Waals surface area contributed by atoms with Crippen LogP contribution in [0, 0.1) is 0 Å². The quantitative estimate of drug-likeness (QED) is 0.822. The maximum absolute atomic E-state index is 11.9. The van der Waals surface area contributed by atoms with Crippen LogP contribution in [0.3, 0.4) is 0 Å². The Morgan fingerprint density at radius 1 is 1.26 bits per heavy atom. The van der Waals surface area contributed by atoms with Crippen molar-refractivity contribution in [3.63, 3.8) is 0 Å². The van der Waals surface area contributed by atoms with Crippen molar-refractivity contribution < 1.29 is 9.53 Å². The molecular weight excluding hydrogens is 294 g/mol. The third-order valence-electron chi connectivity index (χ3n) is 3.46. The molecule has 0 aliphatic heterocycles. The summed E-state index contributed by atoms with van der Waals surface area (Å²) in [6.07, 6.45) is -0.236. The van der Waals surface area contributed by atoms with Crippen LogP contribution in [-0.4, -0.2) is 40.2 Å². The molecule has 1 aromatic heterocycles. The zero-order chi connectivity index (χ0) is 17.0. The van der Waals surface area contributed by atoms with E-state index in [-0.39, 0.29) is 17.6 Å². The zero-order valence-corrected chi connectivity index (χ0v) is 14.0. The molecule has 0 amide bonds. The minimum absolute atomic E-state index is 0.0338. The van der Waals surface area contributed by atoms with Crippen LogP contribution in [0.15, 0.2) is 24.3 Å². The van der Waals surface area contributed by atoms with Crippen molar-refractivity contribution in [3.8, 4) is 5.69 Å². The van der Waals surface area contributed by atoms with Crippen LogP contribution in [0.5, 0.6) is 0 Å². The van der Waals surface area contributed by atoms with Crippen LogP contribution in [0.25, 0.3) is 5.69 Å². The van der Waals surface area contributed by atoms with Gasteiger partial charge >= 0.3 is 5.97 Å². The number of ether oxygens (including phenoxy) is 1. The Hall–Kier alpha value is -2.57. The van der Waals surface area contributed by atoms with E-state index < -0.39 is 5.97 Å². The Bertz CT molecular complexity index is 660. The van der Waals surface area contributed by atoms with Crippen molar-refractivity contribution in [2.75, 3.05) is 23.7 Å². The molecule has 124 valence electrons. The third-order valence-corrected chi connectivity index (χ3v) is 3.46. The number of benzene rings is 1. The molecule has 0 spiro atoms. The third kappa shape index (κ3) is 3.61. The molecule has 0 saturated heterocycles. The fraction of sp³-hybridized carbons (Fsp3) is 0.438. The summed E-state index contributed by atoms with van der Waals surface area (Å²) in [5.41, 5.74) is 7.89. The van der Waals surface area contributed by atoms with E-state index in [1.165, 1.54) is 4.68 Å². The number of anilines is 2. The van der Waals surface area contributed by atoms with Gasteiger partial charge in [-0.05, 0) is 52.0 Å². The Labute approximate surface area is 136 Å². The average molecular weight is 317 g/mol. The molecule has 23 heavy (non-hydrogen) atoms. The van der Waals surface area contributed by atoms with E-state index in [2.05, 4.69) is 29.1 Å². The van der Waals surface area contributed by atoms with Gasteiger partial charge in [0.25, 0.3) is 0 Å². The Morgan fingerprint density at radius 2 is 1.87 bits per heavy atom. The number of rotatable bonds is 6. The molecule has 1 heterocycles. The molecule has 7 nitrogen and oxygen atoms in total. The number of carbonyl (C=O) groups is 1. The standard InChI is InChI=1S/C16H23N5O2/c1-5-20(6-2)12-7-9-13(10-8-12)21-15(17)14(18-19-21)16(22)23-11(3)4/h7-11H,5-6,17H2,1-4H3. The summed E-state index contributed by atoms with van der Waals surface area (Å²) in [4.78, 5) is 14.2. The van der Waals surface area contributed by atoms with Crippen LogP contribution < -0.4 is 10.6 Å². The fourth-order valence-electron chi connectivity index (χ4n) is 2.29. The van der Waals surface area contributed by atoms with Gasteiger partial charge in [-0.25, -0.2) is 4.79 Å². The number of aromatic nitrogens is 3. The Kier molecular flexibility index (Phi) is 5.20. The number of nitrogens with two attached hydrogens (primary N) is 1. The van der Waals surface area contributed by atoms with Crippen LogP contribution in [0.1, 0.15) is 38.2 Å². The van der Waals surface area contributed by atoms with Crippen LogP contribution >= 0.6 is 0 Å². The number of esters is 1. The van der Waals surface area contributed by atoms with Gasteiger partial charge in [0, 0.05) is 18.8 Å². The number of hydrogen-bond donors (Lipinski definition) is 1. The lowest BCUT2D eigenvalue weighted by atomic mass is 10.2. The summed E-state index contributed by atoms with van der Waals surface area (Å²) in [6, 6.07) is 7.79. The largest absolute Gasteiger partial charge is 0.458 e. The monoisotopic (exact) mass is 317 g/mol. The predicted molar refractivity (Wildman–Crippen MR) is 89.9 cm³/mol. The minimum Gasteiger partial charge on any atom is -0.458 e. The van der Waals surface area contributed by atoms with Crippen molar-refractivity contribution in [2.24, 2.45) is 0 Å². The van der Waals surface area contributed by atoms with E-state index in [0.717, 1.165) is 24.5 Å². The van der Waals surface area contributed by atoms with Gasteiger partial charge in [-0.1, -0.05) is 5.21 Å². The maximum atomic E-state index is 11.9. The molecule has 2 aromatic rings. The lowest BCUT2D eigenvalue weighted by Gasteiger charge is -2.21. The highest BCUT2D eigenvalue weighted by Gasteiger charge is 2.20. The minimum atomic E-state index is -0.566. The molecule has 0 bridgehead atoms. The summed E-state index contributed by atoms with van der Waals surface area (Å²) in [5.74, 6) is -0.394. The van der Waals surface area contributed by atoms with Gasteiger partial charge in [-0.15, -0.1) is 5.10 Å². The molecule has 0 unspecified atom stereocenters. The van der Waals surface area contributed by atoms with Crippen molar-refractivity contribution in [3.05, 3.63) is 30.0 Å². The first-order chi connectivity index (χ1) is 11.0. The van der Waals surface area contributed by atoms with Crippen molar-refractivity contribution in [1.29, 1.82) is 0 Å². The summed E-state index contributed by atoms with van der Waals surface area (Å²) in [6.45, 7) is 9.63. The van der Waals surface area contributed by atoms with E-state index in [4.69, 9.17) is 10.5 Å². The van der Waals surface area contributed by atoms with E-state index in [0.29, 0.717) is 0 Å². The second-order valence-electron chi connectivity index (χ2n) is 5.38. The zero-order valence-electron chi connectivity index (χ0n) is 14.0. The SMILES string of the molecule is CCN(CC)c1ccc(-n2nnc(C(=O)OC(C)C)c2N)cc1. The van der Waals surface area contributed by atoms with Crippen LogP contribution in [0.2, 0.25) is 0 Å². The first kappa shape index (κ1) is 16.8. The first-order valence-corrected chi connectivity index (χ1v) is 7.75. The Balaban J connectivity index is 2.26. The molecule has 7 heteroatoms. The molecule has 0 aliphatic rings. The summed E-state index contributed by atoms with van der Waals surface area (Å²) >= 11 is 0. The summed E-state index contributed by atoms with van der Waals surface area (Å²) in [5, 5.41) is 7.79. The molecule has 2 rings (SSSR count). The van der Waals surface area contributed by atoms with Gasteiger partial charge in [0.05, 0.1) is 11.8 Å². The second-order valence-corrected chi connectivity index (χ2v) is 5.38. The van der Waals surface area contributed by atoms with E-state index in [1.54, 1.807) is 13.8 Å². The van der Waals surface area contributed by atoms with Crippen LogP contribution in [-0.2, 0) is 4.74 Å². The number of hydrogen-bond acceptors (Lipinski definition) is 6. The number of nitrogens with zero attached hydrogens (tertiary/aromatic N) is 4. The molecule has 0 aliphatic carbocycles. The molecule has 0 atom stereocenters. The number of nitrogen functional groups attached to an aromatic ring is 1. The molecule has 2 N–H and O–H groups in total. The van der Waals surface area contributed by atoms with E-state index >= 15 is 0 Å². The van der Waals surface area contributed by atoms with Crippen molar-refractivity contribution in [2.45, 2.75) is 33.8 Å². The average Bonchev–Trinajstić information content (AvgIpc) is 2.90. The topological polar surface area (TPSA) is 86.3 Å². The van der Waals surface area contributed by atoms with Gasteiger partial charge in [-0.3, -0.25) is 0 Å². The smallest absolute Gasteiger partial charge is 0.363 e. The van der Waals surface area contributed by atoms with Gasteiger partial charge in [0.1, 0.15) is 0 Å². The highest BCUT2D eigenvalue weighted by Crippen LogP contribution is 2.20. The fourth-order valence-corrected chi connectivity index (χ4v) is 2.29. The highest BCUT2D eigenvalue weighted by molar-refractivity contribution is 5.92. The van der Waals surface area contributed by atoms with E-state index in [1.807, 2.05) is 24.3 Å². The van der Waals surface area contributed by atoms with Crippen molar-refractivity contribution >= 4 is 17.5 Å². The maximum Gasteiger partial charge on any atom is 0.363 e. The normalized spacial score (nSPS) is 10.8. The van der Waals surface area contributed by atoms with E-state index in [9.17, 15) is 4.79 Å². The van der Waals surface area contributed by atoms with Gasteiger partial charge in [-0.2, -0.15) is 4.68 Å². The molecule has 0 radical (unpaired) electrons. The molecular formula is C16H23N5O2. The number of carbonyl (C=O) groups excluding carboxylic acids is 1. The lowest BCUT2D eigenvalue weighted by Crippen LogP contribution is -2.21. The molecule has 0 fully saturated rings. The first-order valence-electron chi connectivity index (χ1n) is 7.75. The highest BCUT2D eigenvalue weighted by atomic mass is 16.5. The molecule has 1 aromatic carbocycles. The predicted octanol–water partition coefficient (Wildman–Crippen LogP) is 2.26. The molecule has 0 saturated carbocycles. The van der Waals surface area contributed by atoms with Gasteiger partial charge < -0.3 is 15.4 Å². The van der Waals surface area contributed by atoms with Gasteiger partial charge in [0.2, 0.25) is 5.69 Å². The second kappa shape index (κ2) is 7.13. The van der Waals surface area contributed by atoms with Gasteiger partial charge in [0.15, 0.2) is 5.82 Å². The Morgan fingerprint density at radius 3 is 2.39 bits per heavy atom.